The van der Waals surface area contributed by atoms with E-state index >= 15 is 0 Å². The quantitative estimate of drug-likeness (QED) is 0.330. The van der Waals surface area contributed by atoms with Gasteiger partial charge in [-0.15, -0.1) is 0 Å². The summed E-state index contributed by atoms with van der Waals surface area (Å²) in [5, 5.41) is 3.73. The minimum absolute atomic E-state index is 0.751. The molecule has 0 bridgehead atoms. The lowest BCUT2D eigenvalue weighted by molar-refractivity contribution is 0.122. The lowest BCUT2D eigenvalue weighted by atomic mass is 10.0. The minimum atomic E-state index is 0.751. The Morgan fingerprint density at radius 2 is 1.31 bits per heavy atom. The zero-order chi connectivity index (χ0) is 24.1. The minimum Gasteiger partial charge on any atom is -0.378 e. The van der Waals surface area contributed by atoms with Crippen LogP contribution >= 0.6 is 0 Å². The Balaban J connectivity index is 1.58. The summed E-state index contributed by atoms with van der Waals surface area (Å²) >= 11 is 0. The number of pyridine rings is 1. The van der Waals surface area contributed by atoms with Crippen molar-refractivity contribution < 1.29 is 9.47 Å². The van der Waals surface area contributed by atoms with Crippen LogP contribution in [0, 0.1) is 6.92 Å². The highest BCUT2D eigenvalue weighted by Crippen LogP contribution is 2.42. The second-order valence-electron chi connectivity index (χ2n) is 9.69. The smallest absolute Gasteiger partial charge is 0.145 e. The molecular formula is C30H30N4O2. The number of rotatable bonds is 3. The van der Waals surface area contributed by atoms with E-state index in [2.05, 4.69) is 88.0 Å². The van der Waals surface area contributed by atoms with E-state index in [1.54, 1.807) is 0 Å². The summed E-state index contributed by atoms with van der Waals surface area (Å²) in [6.45, 7) is 8.74. The number of imidazole rings is 1. The number of aromatic nitrogens is 2. The molecular weight excluding hydrogens is 448 g/mol. The van der Waals surface area contributed by atoms with Crippen LogP contribution in [0.1, 0.15) is 5.56 Å². The molecule has 0 aliphatic carbocycles. The molecule has 3 aromatic carbocycles. The van der Waals surface area contributed by atoms with Gasteiger partial charge >= 0.3 is 0 Å². The van der Waals surface area contributed by atoms with E-state index in [9.17, 15) is 0 Å². The Morgan fingerprint density at radius 1 is 0.694 bits per heavy atom. The first-order valence-corrected chi connectivity index (χ1v) is 12.9. The third kappa shape index (κ3) is 3.36. The molecule has 6 nitrogen and oxygen atoms in total. The maximum Gasteiger partial charge on any atom is 0.145 e. The molecule has 0 N–H and O–H groups in total. The standard InChI is InChI=1S/C30H30N4O2/c1-21-6-4-8-23-22-7-2-3-9-24(22)34-27(20-31-30(34)28(21)23)29-25(32-12-16-35-17-13-32)10-5-11-26(29)33-14-18-36-19-15-33/h2-11,20H,12-19H2,1H3. The Morgan fingerprint density at radius 3 is 2.00 bits per heavy atom. The number of nitrogens with zero attached hydrogens (tertiary/aromatic N) is 4. The highest BCUT2D eigenvalue weighted by atomic mass is 16.5. The van der Waals surface area contributed by atoms with Gasteiger partial charge in [-0.2, -0.15) is 0 Å². The predicted octanol–water partition coefficient (Wildman–Crippen LogP) is 5.29. The molecule has 2 aromatic heterocycles. The highest BCUT2D eigenvalue weighted by Gasteiger charge is 2.25. The first-order valence-electron chi connectivity index (χ1n) is 12.9. The normalized spacial score (nSPS) is 16.9. The molecule has 6 heteroatoms. The van der Waals surface area contributed by atoms with Crippen LogP contribution in [0.15, 0.2) is 66.9 Å². The molecule has 0 saturated carbocycles. The number of para-hydroxylation sites is 1. The van der Waals surface area contributed by atoms with Gasteiger partial charge in [0, 0.05) is 53.9 Å². The SMILES string of the molecule is Cc1cccc2c3ccccc3n3c(-c4c(N5CCOCC5)cccc4N4CCOCC4)cnc3c12. The summed E-state index contributed by atoms with van der Waals surface area (Å²) in [6, 6.07) is 22.0. The summed E-state index contributed by atoms with van der Waals surface area (Å²) in [7, 11) is 0. The molecule has 2 saturated heterocycles. The van der Waals surface area contributed by atoms with Crippen molar-refractivity contribution in [3.63, 3.8) is 0 Å². The molecule has 2 aliphatic heterocycles. The molecule has 7 rings (SSSR count). The number of ether oxygens (including phenoxy) is 2. The number of hydrogen-bond donors (Lipinski definition) is 0. The van der Waals surface area contributed by atoms with Crippen molar-refractivity contribution in [1.82, 2.24) is 9.38 Å². The van der Waals surface area contributed by atoms with E-state index in [0.717, 1.165) is 63.9 Å². The number of benzene rings is 3. The molecule has 2 aliphatic rings. The number of aryl methyl sites for hydroxylation is 1. The number of anilines is 2. The third-order valence-electron chi connectivity index (χ3n) is 7.67. The lowest BCUT2D eigenvalue weighted by Gasteiger charge is -2.35. The van der Waals surface area contributed by atoms with E-state index < -0.39 is 0 Å². The van der Waals surface area contributed by atoms with Crippen LogP contribution in [0.25, 0.3) is 38.6 Å². The van der Waals surface area contributed by atoms with Gasteiger partial charge in [0.1, 0.15) is 5.65 Å². The topological polar surface area (TPSA) is 42.2 Å². The Kier molecular flexibility index (Phi) is 5.29. The van der Waals surface area contributed by atoms with Crippen molar-refractivity contribution in [2.45, 2.75) is 6.92 Å². The van der Waals surface area contributed by atoms with E-state index in [1.165, 1.54) is 44.2 Å². The fourth-order valence-corrected chi connectivity index (χ4v) is 5.96. The molecule has 0 amide bonds. The summed E-state index contributed by atoms with van der Waals surface area (Å²) in [5.74, 6) is 0. The molecule has 5 aromatic rings. The number of fused-ring (bicyclic) bond motifs is 6. The molecule has 36 heavy (non-hydrogen) atoms. The molecule has 0 spiro atoms. The summed E-state index contributed by atoms with van der Waals surface area (Å²) < 4.78 is 13.8. The van der Waals surface area contributed by atoms with Crippen molar-refractivity contribution in [2.75, 3.05) is 62.4 Å². The van der Waals surface area contributed by atoms with E-state index in [0.29, 0.717) is 0 Å². The van der Waals surface area contributed by atoms with Crippen molar-refractivity contribution in [3.05, 3.63) is 72.4 Å². The molecule has 182 valence electrons. The van der Waals surface area contributed by atoms with Crippen LogP contribution in [0.5, 0.6) is 0 Å². The Labute approximate surface area is 210 Å². The predicted molar refractivity (Wildman–Crippen MR) is 146 cm³/mol. The Bertz CT molecular complexity index is 1540. The summed E-state index contributed by atoms with van der Waals surface area (Å²) in [5.41, 5.74) is 8.32. The largest absolute Gasteiger partial charge is 0.378 e. The highest BCUT2D eigenvalue weighted by molar-refractivity contribution is 6.13. The van der Waals surface area contributed by atoms with Gasteiger partial charge in [-0.3, -0.25) is 4.40 Å². The Hall–Kier alpha value is -3.61. The maximum atomic E-state index is 5.70. The second-order valence-corrected chi connectivity index (χ2v) is 9.69. The van der Waals surface area contributed by atoms with Crippen molar-refractivity contribution in [3.8, 4) is 11.3 Å². The van der Waals surface area contributed by atoms with Crippen LogP contribution in [0.4, 0.5) is 11.4 Å². The zero-order valence-electron chi connectivity index (χ0n) is 20.6. The number of morpholine rings is 2. The third-order valence-corrected chi connectivity index (χ3v) is 7.67. The molecule has 0 unspecified atom stereocenters. The van der Waals surface area contributed by atoms with E-state index in [4.69, 9.17) is 14.5 Å². The van der Waals surface area contributed by atoms with Crippen molar-refractivity contribution >= 4 is 38.7 Å². The van der Waals surface area contributed by atoms with Gasteiger partial charge in [-0.05, 0) is 36.1 Å². The van der Waals surface area contributed by atoms with E-state index in [1.807, 2.05) is 0 Å². The number of hydrogen-bond acceptors (Lipinski definition) is 5. The summed E-state index contributed by atoms with van der Waals surface area (Å²) in [4.78, 5) is 10.0. The average Bonchev–Trinajstić information content (AvgIpc) is 3.39. The van der Waals surface area contributed by atoms with Gasteiger partial charge in [-0.1, -0.05) is 42.5 Å². The van der Waals surface area contributed by atoms with Crippen LogP contribution in [-0.4, -0.2) is 62.0 Å². The van der Waals surface area contributed by atoms with Gasteiger partial charge in [0.2, 0.25) is 0 Å². The molecule has 0 radical (unpaired) electrons. The van der Waals surface area contributed by atoms with E-state index in [-0.39, 0.29) is 0 Å². The van der Waals surface area contributed by atoms with Gasteiger partial charge in [0.15, 0.2) is 0 Å². The fourth-order valence-electron chi connectivity index (χ4n) is 5.96. The molecule has 4 heterocycles. The monoisotopic (exact) mass is 478 g/mol. The molecule has 0 atom stereocenters. The van der Waals surface area contributed by atoms with Crippen molar-refractivity contribution in [2.24, 2.45) is 0 Å². The lowest BCUT2D eigenvalue weighted by Crippen LogP contribution is -2.38. The first kappa shape index (κ1) is 21.7. The summed E-state index contributed by atoms with van der Waals surface area (Å²) in [6.07, 6.45) is 2.08. The van der Waals surface area contributed by atoms with Gasteiger partial charge < -0.3 is 19.3 Å². The van der Waals surface area contributed by atoms with Gasteiger partial charge in [0.25, 0.3) is 0 Å². The van der Waals surface area contributed by atoms with Crippen LogP contribution in [-0.2, 0) is 9.47 Å². The van der Waals surface area contributed by atoms with Gasteiger partial charge in [-0.25, -0.2) is 4.98 Å². The van der Waals surface area contributed by atoms with Crippen LogP contribution in [0.2, 0.25) is 0 Å². The van der Waals surface area contributed by atoms with Gasteiger partial charge in [0.05, 0.1) is 43.8 Å². The van der Waals surface area contributed by atoms with Crippen LogP contribution in [0.3, 0.4) is 0 Å². The van der Waals surface area contributed by atoms with Crippen molar-refractivity contribution in [1.29, 1.82) is 0 Å². The fraction of sp³-hybridized carbons (Fsp3) is 0.300. The second kappa shape index (κ2) is 8.80. The first-order chi connectivity index (χ1) is 17.8. The average molecular weight is 479 g/mol. The zero-order valence-corrected chi connectivity index (χ0v) is 20.6. The maximum absolute atomic E-state index is 5.70. The molecule has 2 fully saturated rings. The van der Waals surface area contributed by atoms with Crippen LogP contribution < -0.4 is 9.80 Å².